The van der Waals surface area contributed by atoms with Crippen LogP contribution in [0.2, 0.25) is 0 Å². The second kappa shape index (κ2) is 10.4. The van der Waals surface area contributed by atoms with E-state index in [0.717, 1.165) is 22.9 Å². The Kier molecular flexibility index (Phi) is 7.88. The molecule has 0 saturated heterocycles. The first-order valence-electron chi connectivity index (χ1n) is 8.36. The predicted molar refractivity (Wildman–Crippen MR) is 104 cm³/mol. The van der Waals surface area contributed by atoms with Gasteiger partial charge in [0, 0.05) is 19.2 Å². The van der Waals surface area contributed by atoms with Gasteiger partial charge >= 0.3 is 11.3 Å². The lowest BCUT2D eigenvalue weighted by Gasteiger charge is -2.11. The molecule has 142 valence electrons. The van der Waals surface area contributed by atoms with Gasteiger partial charge in [-0.15, -0.1) is 0 Å². The number of carbonyl (C=O) groups is 3. The molecule has 1 amide bonds. The maximum Gasteiger partial charge on any atom is 0.372 e. The number of amides is 1. The molecule has 7 heteroatoms. The highest BCUT2D eigenvalue weighted by Crippen LogP contribution is 2.24. The monoisotopic (exact) mass is 387 g/mol. The Morgan fingerprint density at radius 3 is 2.52 bits per heavy atom. The Morgan fingerprint density at radius 2 is 1.81 bits per heavy atom. The Labute approximate surface area is 162 Å². The van der Waals surface area contributed by atoms with Gasteiger partial charge in [0.2, 0.25) is 5.91 Å². The Hall–Kier alpha value is -2.80. The van der Waals surface area contributed by atoms with E-state index in [4.69, 9.17) is 9.47 Å². The summed E-state index contributed by atoms with van der Waals surface area (Å²) in [6.07, 6.45) is 0. The number of esters is 1. The van der Waals surface area contributed by atoms with Crippen molar-refractivity contribution in [3.05, 3.63) is 65.2 Å². The fraction of sp³-hybridized carbons (Fsp3) is 0.250. The number of hydrogen-bond acceptors (Lipinski definition) is 6. The first kappa shape index (κ1) is 20.5. The predicted octanol–water partition coefficient (Wildman–Crippen LogP) is 3.72. The van der Waals surface area contributed by atoms with Crippen molar-refractivity contribution < 1.29 is 23.9 Å². The lowest BCUT2D eigenvalue weighted by Crippen LogP contribution is -2.23. The summed E-state index contributed by atoms with van der Waals surface area (Å²) in [5.41, 5.74) is 1.90. The number of thioether (sulfide) groups is 1. The van der Waals surface area contributed by atoms with E-state index in [1.54, 1.807) is 18.2 Å². The van der Waals surface area contributed by atoms with Gasteiger partial charge in [0.1, 0.15) is 17.9 Å². The molecular formula is C20H21NO5S. The van der Waals surface area contributed by atoms with E-state index in [0.29, 0.717) is 12.3 Å². The van der Waals surface area contributed by atoms with Crippen LogP contribution in [0.15, 0.2) is 48.5 Å². The van der Waals surface area contributed by atoms with Crippen LogP contribution in [-0.2, 0) is 16.1 Å². The fourth-order valence-corrected chi connectivity index (χ4v) is 2.68. The van der Waals surface area contributed by atoms with E-state index in [1.807, 2.05) is 37.3 Å². The quantitative estimate of drug-likeness (QED) is 0.576. The van der Waals surface area contributed by atoms with E-state index < -0.39 is 11.3 Å². The summed E-state index contributed by atoms with van der Waals surface area (Å²) in [6, 6.07) is 14.3. The molecule has 0 aliphatic carbocycles. The van der Waals surface area contributed by atoms with Crippen LogP contribution in [-0.4, -0.2) is 29.5 Å². The molecule has 0 fully saturated rings. The maximum absolute atomic E-state index is 12.4. The van der Waals surface area contributed by atoms with Crippen molar-refractivity contribution in [3.63, 3.8) is 0 Å². The highest BCUT2D eigenvalue weighted by atomic mass is 32.2. The van der Waals surface area contributed by atoms with Crippen molar-refractivity contribution in [1.82, 2.24) is 5.32 Å². The molecule has 0 saturated carbocycles. The molecule has 6 nitrogen and oxygen atoms in total. The molecule has 0 aliphatic heterocycles. The van der Waals surface area contributed by atoms with Crippen LogP contribution in [0.1, 0.15) is 28.4 Å². The fourth-order valence-electron chi connectivity index (χ4n) is 2.16. The minimum Gasteiger partial charge on any atom is -0.457 e. The highest BCUT2D eigenvalue weighted by Gasteiger charge is 2.17. The molecule has 0 radical (unpaired) electrons. The first-order chi connectivity index (χ1) is 13.0. The van der Waals surface area contributed by atoms with Crippen LogP contribution in [0.5, 0.6) is 5.75 Å². The molecule has 0 unspecified atom stereocenters. The highest BCUT2D eigenvalue weighted by molar-refractivity contribution is 8.13. The normalized spacial score (nSPS) is 10.1. The van der Waals surface area contributed by atoms with E-state index in [9.17, 15) is 14.4 Å². The molecule has 0 spiro atoms. The van der Waals surface area contributed by atoms with Gasteiger partial charge in [-0.3, -0.25) is 4.79 Å². The summed E-state index contributed by atoms with van der Waals surface area (Å²) < 4.78 is 10.6. The number of hydrogen-bond donors (Lipinski definition) is 1. The molecule has 2 aromatic rings. The summed E-state index contributed by atoms with van der Waals surface area (Å²) >= 11 is 0.922. The van der Waals surface area contributed by atoms with Crippen molar-refractivity contribution in [2.75, 3.05) is 12.3 Å². The van der Waals surface area contributed by atoms with Crippen molar-refractivity contribution in [2.24, 2.45) is 0 Å². The molecule has 1 N–H and O–H groups in total. The van der Waals surface area contributed by atoms with Crippen LogP contribution < -0.4 is 10.1 Å². The molecule has 0 heterocycles. The lowest BCUT2D eigenvalue weighted by atomic mass is 10.1. The van der Waals surface area contributed by atoms with E-state index in [2.05, 4.69) is 5.32 Å². The summed E-state index contributed by atoms with van der Waals surface area (Å²) in [4.78, 5) is 35.2. The van der Waals surface area contributed by atoms with Gasteiger partial charge in [0.25, 0.3) is 0 Å². The third-order valence-electron chi connectivity index (χ3n) is 3.46. The second-order valence-electron chi connectivity index (χ2n) is 5.74. The van der Waals surface area contributed by atoms with E-state index in [1.165, 1.54) is 6.92 Å². The van der Waals surface area contributed by atoms with Gasteiger partial charge in [-0.05, 0) is 41.9 Å². The smallest absolute Gasteiger partial charge is 0.372 e. The number of carbonyl (C=O) groups excluding carboxylic acids is 3. The average Bonchev–Trinajstić information content (AvgIpc) is 2.64. The largest absolute Gasteiger partial charge is 0.457 e. The van der Waals surface area contributed by atoms with Crippen LogP contribution in [0.25, 0.3) is 0 Å². The summed E-state index contributed by atoms with van der Waals surface area (Å²) in [5.74, 6) is -0.195. The zero-order valence-electron chi connectivity index (χ0n) is 15.2. The van der Waals surface area contributed by atoms with Crippen molar-refractivity contribution in [3.8, 4) is 5.75 Å². The standard InChI is InChI=1S/C20H21NO5S/c1-14-8-9-17(19(23)25-13-16-6-4-3-5-7-16)18(12-14)26-20(24)27-11-10-21-15(2)22/h3-9,12H,10-11,13H2,1-2H3,(H,21,22). The second-order valence-corrected chi connectivity index (χ2v) is 6.78. The molecule has 0 aliphatic rings. The maximum atomic E-state index is 12.4. The molecular weight excluding hydrogens is 366 g/mol. The van der Waals surface area contributed by atoms with Gasteiger partial charge < -0.3 is 14.8 Å². The van der Waals surface area contributed by atoms with Crippen molar-refractivity contribution in [1.29, 1.82) is 0 Å². The lowest BCUT2D eigenvalue weighted by molar-refractivity contribution is -0.118. The molecule has 2 rings (SSSR count). The van der Waals surface area contributed by atoms with Gasteiger partial charge in [0.15, 0.2) is 0 Å². The Balaban J connectivity index is 1.97. The average molecular weight is 387 g/mol. The number of rotatable bonds is 7. The molecule has 0 aromatic heterocycles. The van der Waals surface area contributed by atoms with Crippen molar-refractivity contribution >= 4 is 28.9 Å². The number of aryl methyl sites for hydroxylation is 1. The third kappa shape index (κ3) is 7.15. The molecule has 2 aromatic carbocycles. The Morgan fingerprint density at radius 1 is 1.07 bits per heavy atom. The SMILES string of the molecule is CC(=O)NCCSC(=O)Oc1cc(C)ccc1C(=O)OCc1ccccc1. The summed E-state index contributed by atoms with van der Waals surface area (Å²) in [7, 11) is 0. The van der Waals surface area contributed by atoms with Crippen LogP contribution in [0.4, 0.5) is 4.79 Å². The number of benzene rings is 2. The van der Waals surface area contributed by atoms with Crippen LogP contribution >= 0.6 is 11.8 Å². The third-order valence-corrected chi connectivity index (χ3v) is 4.19. The topological polar surface area (TPSA) is 81.7 Å². The first-order valence-corrected chi connectivity index (χ1v) is 9.35. The molecule has 0 atom stereocenters. The zero-order valence-corrected chi connectivity index (χ0v) is 16.0. The number of ether oxygens (including phenoxy) is 2. The van der Waals surface area contributed by atoms with E-state index in [-0.39, 0.29) is 23.8 Å². The number of nitrogens with one attached hydrogen (secondary N) is 1. The zero-order chi connectivity index (χ0) is 19.6. The van der Waals surface area contributed by atoms with Crippen molar-refractivity contribution in [2.45, 2.75) is 20.5 Å². The van der Waals surface area contributed by atoms with Gasteiger partial charge in [0.05, 0.1) is 0 Å². The van der Waals surface area contributed by atoms with Crippen LogP contribution in [0, 0.1) is 6.92 Å². The molecule has 0 bridgehead atoms. The minimum atomic E-state index is -0.565. The minimum absolute atomic E-state index is 0.131. The van der Waals surface area contributed by atoms with Gasteiger partial charge in [-0.25, -0.2) is 9.59 Å². The summed E-state index contributed by atoms with van der Waals surface area (Å²) in [6.45, 7) is 3.73. The Bertz CT molecular complexity index is 807. The van der Waals surface area contributed by atoms with Crippen LogP contribution in [0.3, 0.4) is 0 Å². The molecule has 27 heavy (non-hydrogen) atoms. The summed E-state index contributed by atoms with van der Waals surface area (Å²) in [5, 5.41) is 2.04. The van der Waals surface area contributed by atoms with Gasteiger partial charge in [-0.1, -0.05) is 36.4 Å². The van der Waals surface area contributed by atoms with Gasteiger partial charge in [-0.2, -0.15) is 0 Å². The van der Waals surface area contributed by atoms with E-state index >= 15 is 0 Å².